The van der Waals surface area contributed by atoms with Crippen LogP contribution in [0.4, 0.5) is 0 Å². The smallest absolute Gasteiger partial charge is 0.295 e. The van der Waals surface area contributed by atoms with Crippen LogP contribution < -0.4 is 0 Å². The summed E-state index contributed by atoms with van der Waals surface area (Å²) in [6.07, 6.45) is 1.40. The van der Waals surface area contributed by atoms with Crippen molar-refractivity contribution < 1.29 is 14.8 Å². The standard InChI is InChI=1S/C9H12N2O4/c1-6-3-4-8(11(14)15)9(13)10(6)5-7(2)12/h3-4,9,13H,5H2,1-2H3. The summed E-state index contributed by atoms with van der Waals surface area (Å²) in [4.78, 5) is 22.1. The fraction of sp³-hybridized carbons (Fsp3) is 0.444. The molecule has 0 aromatic carbocycles. The van der Waals surface area contributed by atoms with Gasteiger partial charge in [0.25, 0.3) is 5.70 Å². The molecule has 1 atom stereocenters. The molecule has 0 saturated heterocycles. The molecule has 0 saturated carbocycles. The van der Waals surface area contributed by atoms with Gasteiger partial charge < -0.3 is 10.0 Å². The van der Waals surface area contributed by atoms with E-state index in [1.807, 2.05) is 0 Å². The number of ketones is 1. The van der Waals surface area contributed by atoms with Gasteiger partial charge in [0.2, 0.25) is 6.23 Å². The fourth-order valence-corrected chi connectivity index (χ4v) is 1.35. The van der Waals surface area contributed by atoms with Gasteiger partial charge in [0.05, 0.1) is 11.5 Å². The van der Waals surface area contributed by atoms with Gasteiger partial charge in [0.1, 0.15) is 5.78 Å². The van der Waals surface area contributed by atoms with E-state index in [9.17, 15) is 20.0 Å². The highest BCUT2D eigenvalue weighted by Gasteiger charge is 2.31. The van der Waals surface area contributed by atoms with Crippen molar-refractivity contribution in [3.8, 4) is 0 Å². The second kappa shape index (κ2) is 4.22. The highest BCUT2D eigenvalue weighted by atomic mass is 16.6. The van der Waals surface area contributed by atoms with Crippen LogP contribution in [0, 0.1) is 10.1 Å². The first-order chi connectivity index (χ1) is 6.93. The maximum Gasteiger partial charge on any atom is 0.295 e. The van der Waals surface area contributed by atoms with Crippen LogP contribution in [0.2, 0.25) is 0 Å². The largest absolute Gasteiger partial charge is 0.364 e. The van der Waals surface area contributed by atoms with E-state index in [-0.39, 0.29) is 18.0 Å². The van der Waals surface area contributed by atoms with Crippen LogP contribution in [0.25, 0.3) is 0 Å². The minimum atomic E-state index is -1.35. The third-order valence-electron chi connectivity index (χ3n) is 2.11. The monoisotopic (exact) mass is 212 g/mol. The summed E-state index contributed by atoms with van der Waals surface area (Å²) in [5.41, 5.74) is 0.310. The van der Waals surface area contributed by atoms with E-state index in [1.54, 1.807) is 6.92 Å². The number of aliphatic hydroxyl groups is 1. The van der Waals surface area contributed by atoms with Gasteiger partial charge in [-0.25, -0.2) is 0 Å². The number of Topliss-reactive ketones (excluding diaryl/α,β-unsaturated/α-hetero) is 1. The first kappa shape index (κ1) is 11.4. The van der Waals surface area contributed by atoms with Gasteiger partial charge in [-0.3, -0.25) is 14.9 Å². The topological polar surface area (TPSA) is 83.7 Å². The van der Waals surface area contributed by atoms with Gasteiger partial charge >= 0.3 is 0 Å². The van der Waals surface area contributed by atoms with E-state index >= 15 is 0 Å². The van der Waals surface area contributed by atoms with Gasteiger partial charge in [0, 0.05) is 11.8 Å². The van der Waals surface area contributed by atoms with E-state index in [0.29, 0.717) is 5.70 Å². The van der Waals surface area contributed by atoms with E-state index < -0.39 is 11.2 Å². The van der Waals surface area contributed by atoms with Crippen molar-refractivity contribution in [3.05, 3.63) is 33.7 Å². The predicted molar refractivity (Wildman–Crippen MR) is 52.2 cm³/mol. The molecular weight excluding hydrogens is 200 g/mol. The molecule has 6 nitrogen and oxygen atoms in total. The zero-order chi connectivity index (χ0) is 11.6. The summed E-state index contributed by atoms with van der Waals surface area (Å²) in [7, 11) is 0. The minimum absolute atomic E-state index is 0.0331. The van der Waals surface area contributed by atoms with Crippen LogP contribution in [0.3, 0.4) is 0 Å². The normalized spacial score (nSPS) is 20.7. The van der Waals surface area contributed by atoms with Gasteiger partial charge in [-0.05, 0) is 19.9 Å². The van der Waals surface area contributed by atoms with Crippen LogP contribution >= 0.6 is 0 Å². The minimum Gasteiger partial charge on any atom is -0.364 e. The van der Waals surface area contributed by atoms with E-state index in [2.05, 4.69) is 0 Å². The van der Waals surface area contributed by atoms with Crippen molar-refractivity contribution in [1.29, 1.82) is 0 Å². The Morgan fingerprint density at radius 2 is 2.27 bits per heavy atom. The zero-order valence-electron chi connectivity index (χ0n) is 8.51. The Bertz CT molecular complexity index is 359. The van der Waals surface area contributed by atoms with Crippen molar-refractivity contribution in [1.82, 2.24) is 4.90 Å². The lowest BCUT2D eigenvalue weighted by atomic mass is 10.2. The molecule has 0 aliphatic carbocycles. The van der Waals surface area contributed by atoms with Crippen LogP contribution in [-0.2, 0) is 4.79 Å². The summed E-state index contributed by atoms with van der Waals surface area (Å²) in [5, 5.41) is 20.2. The molecule has 6 heteroatoms. The molecule has 1 aliphatic heterocycles. The Hall–Kier alpha value is -1.69. The second-order valence-electron chi connectivity index (χ2n) is 3.36. The highest BCUT2D eigenvalue weighted by Crippen LogP contribution is 2.19. The molecule has 0 aromatic heterocycles. The number of aliphatic hydroxyl groups excluding tert-OH is 1. The summed E-state index contributed by atoms with van der Waals surface area (Å²) in [6, 6.07) is 0. The summed E-state index contributed by atoms with van der Waals surface area (Å²) < 4.78 is 0. The first-order valence-corrected chi connectivity index (χ1v) is 4.40. The SMILES string of the molecule is CC(=O)CN1C(C)=CC=C([N+](=O)[O-])C1O. The fourth-order valence-electron chi connectivity index (χ4n) is 1.35. The highest BCUT2D eigenvalue weighted by molar-refractivity contribution is 5.78. The first-order valence-electron chi connectivity index (χ1n) is 4.40. The summed E-state index contributed by atoms with van der Waals surface area (Å²) in [6.45, 7) is 3.01. The van der Waals surface area contributed by atoms with Crippen LogP contribution in [0.15, 0.2) is 23.5 Å². The number of allylic oxidation sites excluding steroid dienone is 3. The molecule has 1 aliphatic rings. The Balaban J connectivity index is 2.94. The van der Waals surface area contributed by atoms with E-state index in [1.165, 1.54) is 24.0 Å². The maximum atomic E-state index is 10.9. The molecule has 1 heterocycles. The number of hydrogen-bond acceptors (Lipinski definition) is 5. The Kier molecular flexibility index (Phi) is 3.21. The van der Waals surface area contributed by atoms with Gasteiger partial charge in [0.15, 0.2) is 0 Å². The van der Waals surface area contributed by atoms with Crippen molar-refractivity contribution in [3.63, 3.8) is 0 Å². The Morgan fingerprint density at radius 1 is 1.67 bits per heavy atom. The molecule has 0 radical (unpaired) electrons. The number of carbonyl (C=O) groups is 1. The number of carbonyl (C=O) groups excluding carboxylic acids is 1. The van der Waals surface area contributed by atoms with Gasteiger partial charge in [-0.1, -0.05) is 0 Å². The molecule has 0 aromatic rings. The van der Waals surface area contributed by atoms with Gasteiger partial charge in [-0.2, -0.15) is 0 Å². The molecule has 82 valence electrons. The van der Waals surface area contributed by atoms with Crippen LogP contribution in [0.5, 0.6) is 0 Å². The average Bonchev–Trinajstić information content (AvgIpc) is 2.11. The third-order valence-corrected chi connectivity index (χ3v) is 2.11. The molecule has 0 amide bonds. The van der Waals surface area contributed by atoms with Crippen molar-refractivity contribution in [2.75, 3.05) is 6.54 Å². The Morgan fingerprint density at radius 3 is 2.73 bits per heavy atom. The van der Waals surface area contributed by atoms with Crippen LogP contribution in [-0.4, -0.2) is 33.5 Å². The number of nitro groups is 1. The van der Waals surface area contributed by atoms with E-state index in [0.717, 1.165) is 0 Å². The number of hydrogen-bond donors (Lipinski definition) is 1. The van der Waals surface area contributed by atoms with Crippen LogP contribution in [0.1, 0.15) is 13.8 Å². The lowest BCUT2D eigenvalue weighted by Crippen LogP contribution is -2.41. The quantitative estimate of drug-likeness (QED) is 0.536. The maximum absolute atomic E-state index is 10.9. The average molecular weight is 212 g/mol. The zero-order valence-corrected chi connectivity index (χ0v) is 8.51. The third kappa shape index (κ3) is 2.41. The predicted octanol–water partition coefficient (Wildman–Crippen LogP) is 0.274. The molecule has 15 heavy (non-hydrogen) atoms. The lowest BCUT2D eigenvalue weighted by Gasteiger charge is -2.29. The second-order valence-corrected chi connectivity index (χ2v) is 3.36. The molecule has 1 N–H and O–H groups in total. The molecule has 0 fully saturated rings. The van der Waals surface area contributed by atoms with Crippen molar-refractivity contribution in [2.45, 2.75) is 20.1 Å². The molecule has 1 unspecified atom stereocenters. The van der Waals surface area contributed by atoms with Gasteiger partial charge in [-0.15, -0.1) is 0 Å². The molecule has 1 rings (SSSR count). The number of rotatable bonds is 3. The molecule has 0 spiro atoms. The van der Waals surface area contributed by atoms with Crippen molar-refractivity contribution >= 4 is 5.78 Å². The molecule has 0 bridgehead atoms. The molecular formula is C9H12N2O4. The number of nitrogens with zero attached hydrogens (tertiary/aromatic N) is 2. The van der Waals surface area contributed by atoms with E-state index in [4.69, 9.17) is 0 Å². The Labute approximate surface area is 86.6 Å². The summed E-state index contributed by atoms with van der Waals surface area (Å²) >= 11 is 0. The van der Waals surface area contributed by atoms with Crippen molar-refractivity contribution in [2.24, 2.45) is 0 Å². The lowest BCUT2D eigenvalue weighted by molar-refractivity contribution is -0.441. The summed E-state index contributed by atoms with van der Waals surface area (Å²) in [5.74, 6) is -0.161.